The maximum atomic E-state index is 13.9. The number of benzene rings is 5. The average Bonchev–Trinajstić information content (AvgIpc) is 3.40. The SMILES string of the molecule is CC(C)(C)[Si](OC[C@@H]1CCN2CCCN(C[NH+]=C(O)c3cc(O)cc(C(=O)NCN4CCC[N+]5=C4N[C@H](CO[Si](c4ccccc4)(c4ccccc4)C(C)(C)C)CC5)c3)C2=N1)(c1ccccc1)c1ccccc1. The van der Waals surface area contributed by atoms with Gasteiger partial charge < -0.3 is 29.3 Å². The Hall–Kier alpha value is -6.27. The number of hydrogen-bond acceptors (Lipinski definition) is 9. The molecule has 5 aromatic rings. The number of nitrogens with zero attached hydrogens (tertiary/aromatic N) is 5. The first-order chi connectivity index (χ1) is 35.2. The molecule has 1 saturated heterocycles. The summed E-state index contributed by atoms with van der Waals surface area (Å²) >= 11 is 0. The molecule has 4 heterocycles. The van der Waals surface area contributed by atoms with Crippen LogP contribution in [0.3, 0.4) is 0 Å². The van der Waals surface area contributed by atoms with Gasteiger partial charge in [-0.05, 0) is 61.9 Å². The summed E-state index contributed by atoms with van der Waals surface area (Å²) < 4.78 is 17.0. The number of amides is 1. The van der Waals surface area contributed by atoms with Crippen LogP contribution in [0.5, 0.6) is 5.75 Å². The van der Waals surface area contributed by atoms with Crippen LogP contribution >= 0.6 is 0 Å². The van der Waals surface area contributed by atoms with Gasteiger partial charge in [-0.15, -0.1) is 0 Å². The molecule has 384 valence electrons. The van der Waals surface area contributed by atoms with Crippen LogP contribution in [-0.2, 0) is 8.85 Å². The van der Waals surface area contributed by atoms with Crippen molar-refractivity contribution in [1.82, 2.24) is 25.3 Å². The van der Waals surface area contributed by atoms with Crippen LogP contribution in [0.1, 0.15) is 83.1 Å². The standard InChI is InChI=1S/C58H74N8O5Si2/c1-57(2,3)72(49-21-11-7-12-22-49,50-23-13-8-14-24-50)70-40-46-29-35-63-31-19-33-65(55(63)61-46)42-59-53(68)44-37-45(39-48(67)38-44)54(69)60-43-66-34-20-32-64-36-30-47(62-56(64)66)41-71-73(58(4,5)6,51-25-15-9-16-26-51)52-27-17-10-18-28-52/h7-18,21-28,37-39,46-47H,19-20,29-36,40-43H2,1-6H3,(H3,59,60,67,68,69)/p+2/t46-,47-/m0/s1. The predicted molar refractivity (Wildman–Crippen MR) is 297 cm³/mol. The number of phenolic OH excluding ortho intramolecular Hbond substituents is 1. The number of nitrogens with one attached hydrogen (secondary N) is 3. The van der Waals surface area contributed by atoms with Gasteiger partial charge in [-0.2, -0.15) is 4.99 Å². The Balaban J connectivity index is 0.850. The summed E-state index contributed by atoms with van der Waals surface area (Å²) in [6, 6.07) is 47.5. The van der Waals surface area contributed by atoms with E-state index in [-0.39, 0.29) is 51.9 Å². The van der Waals surface area contributed by atoms with E-state index in [0.717, 1.165) is 76.9 Å². The minimum absolute atomic E-state index is 0.0333. The van der Waals surface area contributed by atoms with Crippen molar-refractivity contribution in [2.75, 3.05) is 65.8 Å². The number of carbonyl (C=O) groups excluding carboxylic acids is 1. The molecule has 5 aromatic carbocycles. The number of aliphatic hydroxyl groups is 1. The van der Waals surface area contributed by atoms with Crippen LogP contribution in [-0.4, -0.2) is 148 Å². The third-order valence-electron chi connectivity index (χ3n) is 15.1. The molecule has 15 heteroatoms. The van der Waals surface area contributed by atoms with Crippen LogP contribution in [0.15, 0.2) is 145 Å². The normalized spacial score (nSPS) is 18.9. The van der Waals surface area contributed by atoms with E-state index < -0.39 is 16.6 Å². The Labute approximate surface area is 434 Å². The summed E-state index contributed by atoms with van der Waals surface area (Å²) in [5.41, 5.74) is 0.567. The van der Waals surface area contributed by atoms with Gasteiger partial charge in [-0.1, -0.05) is 163 Å². The summed E-state index contributed by atoms with van der Waals surface area (Å²) in [5, 5.41) is 34.1. The van der Waals surface area contributed by atoms with E-state index >= 15 is 0 Å². The quantitative estimate of drug-likeness (QED) is 0.0428. The highest BCUT2D eigenvalue weighted by Gasteiger charge is 2.52. The molecule has 0 aromatic heterocycles. The lowest BCUT2D eigenvalue weighted by Gasteiger charge is -2.45. The van der Waals surface area contributed by atoms with Crippen molar-refractivity contribution in [2.24, 2.45) is 4.99 Å². The number of aromatic hydroxyl groups is 1. The molecular formula is C58H76N8O5Si2+2. The Morgan fingerprint density at radius 3 is 1.79 bits per heavy atom. The van der Waals surface area contributed by atoms with E-state index in [4.69, 9.17) is 13.8 Å². The number of aliphatic hydroxyl groups excluding tert-OH is 1. The molecule has 5 N–H and O–H groups in total. The summed E-state index contributed by atoms with van der Waals surface area (Å²) in [5.74, 6) is 1.29. The lowest BCUT2D eigenvalue weighted by atomic mass is 10.1. The zero-order valence-electron chi connectivity index (χ0n) is 43.7. The molecule has 0 saturated carbocycles. The molecule has 0 radical (unpaired) electrons. The maximum Gasteiger partial charge on any atom is 0.367 e. The second-order valence-electron chi connectivity index (χ2n) is 22.1. The Kier molecular flexibility index (Phi) is 15.6. The maximum absolute atomic E-state index is 13.9. The summed E-state index contributed by atoms with van der Waals surface area (Å²) in [4.78, 5) is 29.1. The topological polar surface area (TPSA) is 139 Å². The van der Waals surface area contributed by atoms with Crippen molar-refractivity contribution in [3.8, 4) is 5.75 Å². The van der Waals surface area contributed by atoms with Crippen LogP contribution in [0.25, 0.3) is 0 Å². The van der Waals surface area contributed by atoms with Gasteiger partial charge in [0.1, 0.15) is 12.4 Å². The van der Waals surface area contributed by atoms with Crippen molar-refractivity contribution in [3.63, 3.8) is 0 Å². The molecule has 0 bridgehead atoms. The Bertz CT molecular complexity index is 2690. The molecular weight excluding hydrogens is 945 g/mol. The summed E-state index contributed by atoms with van der Waals surface area (Å²) in [6.07, 6.45) is 3.75. The fraction of sp³-hybridized carbons (Fsp3) is 0.414. The van der Waals surface area contributed by atoms with Gasteiger partial charge in [0.2, 0.25) is 12.6 Å². The van der Waals surface area contributed by atoms with E-state index in [0.29, 0.717) is 25.4 Å². The van der Waals surface area contributed by atoms with Gasteiger partial charge in [0, 0.05) is 38.0 Å². The third-order valence-corrected chi connectivity index (χ3v) is 25.1. The first-order valence-corrected chi connectivity index (χ1v) is 30.1. The summed E-state index contributed by atoms with van der Waals surface area (Å²) in [7, 11) is -5.47. The molecule has 73 heavy (non-hydrogen) atoms. The molecule has 2 atom stereocenters. The van der Waals surface area contributed by atoms with Crippen LogP contribution in [0.2, 0.25) is 10.1 Å². The second kappa shape index (κ2) is 22.1. The van der Waals surface area contributed by atoms with Crippen LogP contribution in [0, 0.1) is 0 Å². The highest BCUT2D eigenvalue weighted by molar-refractivity contribution is 7.00. The van der Waals surface area contributed by atoms with Crippen molar-refractivity contribution < 1.29 is 33.4 Å². The van der Waals surface area contributed by atoms with Gasteiger partial charge in [-0.25, -0.2) is 9.89 Å². The van der Waals surface area contributed by atoms with Crippen LogP contribution in [0.4, 0.5) is 0 Å². The smallest absolute Gasteiger partial charge is 0.367 e. The number of fused-ring (bicyclic) bond motifs is 1. The zero-order valence-corrected chi connectivity index (χ0v) is 45.7. The monoisotopic (exact) mass is 1020 g/mol. The number of guanidine groups is 2. The highest BCUT2D eigenvalue weighted by atomic mass is 28.4. The number of rotatable bonds is 16. The van der Waals surface area contributed by atoms with Gasteiger partial charge in [0.05, 0.1) is 50.5 Å². The number of carbonyl (C=O) groups is 1. The van der Waals surface area contributed by atoms with E-state index in [1.54, 1.807) is 6.07 Å². The molecule has 0 aliphatic carbocycles. The van der Waals surface area contributed by atoms with E-state index in [1.165, 1.54) is 32.9 Å². The van der Waals surface area contributed by atoms with Gasteiger partial charge >= 0.3 is 11.9 Å². The average molecular weight is 1020 g/mol. The minimum Gasteiger partial charge on any atom is -0.508 e. The molecule has 4 aliphatic rings. The molecule has 13 nitrogen and oxygen atoms in total. The largest absolute Gasteiger partial charge is 0.508 e. The van der Waals surface area contributed by atoms with Gasteiger partial charge in [0.15, 0.2) is 0 Å². The van der Waals surface area contributed by atoms with Gasteiger partial charge in [-0.3, -0.25) is 19.6 Å². The Morgan fingerprint density at radius 2 is 1.23 bits per heavy atom. The van der Waals surface area contributed by atoms with Crippen molar-refractivity contribution in [3.05, 3.63) is 151 Å². The molecule has 0 unspecified atom stereocenters. The summed E-state index contributed by atoms with van der Waals surface area (Å²) in [6.45, 7) is 20.6. The molecule has 1 amide bonds. The number of aliphatic imine (C=N–C) groups is 1. The number of phenols is 1. The van der Waals surface area contributed by atoms with Crippen LogP contribution < -0.4 is 36.4 Å². The van der Waals surface area contributed by atoms with Crippen molar-refractivity contribution in [1.29, 1.82) is 0 Å². The lowest BCUT2D eigenvalue weighted by molar-refractivity contribution is -0.546. The lowest BCUT2D eigenvalue weighted by Crippen LogP contribution is -2.79. The Morgan fingerprint density at radius 1 is 0.699 bits per heavy atom. The second-order valence-corrected chi connectivity index (χ2v) is 30.7. The molecule has 9 rings (SSSR count). The van der Waals surface area contributed by atoms with E-state index in [9.17, 15) is 15.0 Å². The fourth-order valence-electron chi connectivity index (χ4n) is 11.5. The number of hydrogen-bond donors (Lipinski definition) is 5. The minimum atomic E-state index is -2.74. The highest BCUT2D eigenvalue weighted by Crippen LogP contribution is 2.38. The van der Waals surface area contributed by atoms with Crippen molar-refractivity contribution in [2.45, 2.75) is 89.4 Å². The van der Waals surface area contributed by atoms with E-state index in [1.807, 2.05) is 0 Å². The third kappa shape index (κ3) is 11.0. The molecule has 1 fully saturated rings. The van der Waals surface area contributed by atoms with Crippen molar-refractivity contribution >= 4 is 61.1 Å². The first-order valence-electron chi connectivity index (χ1n) is 26.3. The molecule has 4 aliphatic heterocycles. The van der Waals surface area contributed by atoms with Gasteiger partial charge in [0.25, 0.3) is 22.5 Å². The first kappa shape index (κ1) is 51.6. The predicted octanol–water partition coefficient (Wildman–Crippen LogP) is 4.15. The molecule has 0 spiro atoms. The van der Waals surface area contributed by atoms with E-state index in [2.05, 4.69) is 198 Å². The fourth-order valence-corrected chi connectivity index (χ4v) is 20.7. The zero-order chi connectivity index (χ0) is 51.2.